The van der Waals surface area contributed by atoms with Gasteiger partial charge in [-0.2, -0.15) is 0 Å². The van der Waals surface area contributed by atoms with Gasteiger partial charge in [0, 0.05) is 11.3 Å². The first-order valence-corrected chi connectivity index (χ1v) is 8.69. The molecule has 0 aromatic heterocycles. The van der Waals surface area contributed by atoms with Crippen LogP contribution in [0.4, 0.5) is 5.69 Å². The summed E-state index contributed by atoms with van der Waals surface area (Å²) in [5.41, 5.74) is 1.02. The number of amides is 1. The van der Waals surface area contributed by atoms with E-state index < -0.39 is 5.91 Å². The Morgan fingerprint density at radius 2 is 1.68 bits per heavy atom. The van der Waals surface area contributed by atoms with Gasteiger partial charge in [0.25, 0.3) is 5.91 Å². The van der Waals surface area contributed by atoms with Crippen LogP contribution in [0.2, 0.25) is 0 Å². The Kier molecular flexibility index (Phi) is 7.65. The normalized spacial score (nSPS) is 9.82. The monoisotopic (exact) mass is 402 g/mol. The molecule has 0 saturated carbocycles. The van der Waals surface area contributed by atoms with Gasteiger partial charge in [-0.05, 0) is 48.6 Å². The van der Waals surface area contributed by atoms with E-state index in [4.69, 9.17) is 31.2 Å². The lowest BCUT2D eigenvalue weighted by Gasteiger charge is -2.14. The van der Waals surface area contributed by atoms with E-state index in [9.17, 15) is 4.79 Å². The Hall–Kier alpha value is -3.26. The quantitative estimate of drug-likeness (QED) is 0.518. The van der Waals surface area contributed by atoms with Crippen LogP contribution in [0.3, 0.4) is 0 Å². The van der Waals surface area contributed by atoms with Crippen LogP contribution < -0.4 is 29.6 Å². The molecule has 0 aliphatic heterocycles. The summed E-state index contributed by atoms with van der Waals surface area (Å²) in [5.74, 6) is 1.45. The van der Waals surface area contributed by atoms with Gasteiger partial charge in [0.05, 0.1) is 21.3 Å². The van der Waals surface area contributed by atoms with Gasteiger partial charge in [-0.25, -0.2) is 0 Å². The minimum Gasteiger partial charge on any atom is -0.493 e. The molecular weight excluding hydrogens is 380 g/mol. The number of carbonyl (C=O) groups is 1. The summed E-state index contributed by atoms with van der Waals surface area (Å²) in [6.07, 6.45) is 1.67. The number of carbonyl (C=O) groups excluding carboxylic acids is 1. The maximum absolute atomic E-state index is 12.5. The molecule has 2 rings (SSSR count). The molecule has 2 aromatic rings. The first-order chi connectivity index (χ1) is 13.5. The van der Waals surface area contributed by atoms with Crippen LogP contribution >= 0.6 is 12.2 Å². The van der Waals surface area contributed by atoms with E-state index in [1.165, 1.54) is 21.3 Å². The molecule has 0 aliphatic rings. The van der Waals surface area contributed by atoms with Gasteiger partial charge in [0.1, 0.15) is 12.4 Å². The van der Waals surface area contributed by atoms with E-state index in [0.29, 0.717) is 40.9 Å². The number of nitrogens with one attached hydrogen (secondary N) is 2. The van der Waals surface area contributed by atoms with Crippen LogP contribution in [0.5, 0.6) is 23.0 Å². The fraction of sp³-hybridized carbons (Fsp3) is 0.200. The molecule has 0 spiro atoms. The van der Waals surface area contributed by atoms with E-state index in [1.807, 2.05) is 0 Å². The molecule has 8 heteroatoms. The van der Waals surface area contributed by atoms with Crippen molar-refractivity contribution >= 4 is 28.9 Å². The van der Waals surface area contributed by atoms with Crippen LogP contribution in [0.1, 0.15) is 10.4 Å². The summed E-state index contributed by atoms with van der Waals surface area (Å²) in [7, 11) is 4.45. The van der Waals surface area contributed by atoms with Crippen molar-refractivity contribution < 1.29 is 23.7 Å². The first-order valence-electron chi connectivity index (χ1n) is 8.28. The topological polar surface area (TPSA) is 78.1 Å². The van der Waals surface area contributed by atoms with Gasteiger partial charge in [0.2, 0.25) is 5.75 Å². The molecule has 0 radical (unpaired) electrons. The second-order valence-electron chi connectivity index (χ2n) is 5.45. The Bertz CT molecular complexity index is 827. The van der Waals surface area contributed by atoms with Crippen molar-refractivity contribution in [2.45, 2.75) is 0 Å². The molecule has 2 aromatic carbocycles. The number of hydrogen-bond donors (Lipinski definition) is 2. The zero-order valence-corrected chi connectivity index (χ0v) is 16.7. The fourth-order valence-electron chi connectivity index (χ4n) is 2.34. The van der Waals surface area contributed by atoms with E-state index in [1.54, 1.807) is 42.5 Å². The van der Waals surface area contributed by atoms with E-state index in [0.717, 1.165) is 0 Å². The lowest BCUT2D eigenvalue weighted by Crippen LogP contribution is -2.34. The van der Waals surface area contributed by atoms with Crippen LogP contribution in [-0.2, 0) is 0 Å². The van der Waals surface area contributed by atoms with Crippen molar-refractivity contribution in [1.82, 2.24) is 5.32 Å². The third-order valence-electron chi connectivity index (χ3n) is 3.63. The number of thiocarbonyl (C=S) groups is 1. The van der Waals surface area contributed by atoms with Crippen molar-refractivity contribution in [2.24, 2.45) is 0 Å². The van der Waals surface area contributed by atoms with Crippen LogP contribution in [0.25, 0.3) is 0 Å². The van der Waals surface area contributed by atoms with E-state index >= 15 is 0 Å². The second-order valence-corrected chi connectivity index (χ2v) is 5.85. The number of ether oxygens (including phenoxy) is 4. The lowest BCUT2D eigenvalue weighted by molar-refractivity contribution is 0.0977. The Morgan fingerprint density at radius 1 is 1.07 bits per heavy atom. The number of anilines is 1. The van der Waals surface area contributed by atoms with E-state index in [2.05, 4.69) is 17.2 Å². The number of rotatable bonds is 8. The molecule has 0 saturated heterocycles. The van der Waals surface area contributed by atoms with Gasteiger partial charge < -0.3 is 24.3 Å². The third kappa shape index (κ3) is 5.37. The van der Waals surface area contributed by atoms with Crippen LogP contribution in [0.15, 0.2) is 49.1 Å². The maximum Gasteiger partial charge on any atom is 0.257 e. The summed E-state index contributed by atoms with van der Waals surface area (Å²) < 4.78 is 21.2. The molecule has 2 N–H and O–H groups in total. The zero-order valence-electron chi connectivity index (χ0n) is 15.9. The number of benzene rings is 2. The summed E-state index contributed by atoms with van der Waals surface area (Å²) in [6, 6.07) is 10.2. The molecule has 148 valence electrons. The standard InChI is InChI=1S/C20H22N2O5S/c1-5-10-27-15-8-6-14(7-9-15)21-20(28)22-19(23)13-11-16(24-2)18(26-4)17(12-13)25-3/h5-9,11-12H,1,10H2,2-4H3,(H2,21,22,23,28). The maximum atomic E-state index is 12.5. The highest BCUT2D eigenvalue weighted by atomic mass is 32.1. The molecule has 28 heavy (non-hydrogen) atoms. The Balaban J connectivity index is 2.06. The highest BCUT2D eigenvalue weighted by Crippen LogP contribution is 2.38. The highest BCUT2D eigenvalue weighted by Gasteiger charge is 2.17. The highest BCUT2D eigenvalue weighted by molar-refractivity contribution is 7.80. The molecule has 0 fully saturated rings. The summed E-state index contributed by atoms with van der Waals surface area (Å²) in [6.45, 7) is 4.03. The van der Waals surface area contributed by atoms with Crippen LogP contribution in [0, 0.1) is 0 Å². The Labute approximate surface area is 169 Å². The SMILES string of the molecule is C=CCOc1ccc(NC(=S)NC(=O)c2cc(OC)c(OC)c(OC)c2)cc1. The summed E-state index contributed by atoms with van der Waals surface area (Å²) in [5, 5.41) is 5.71. The Morgan fingerprint density at radius 3 is 2.18 bits per heavy atom. The largest absolute Gasteiger partial charge is 0.493 e. The fourth-order valence-corrected chi connectivity index (χ4v) is 2.55. The predicted molar refractivity (Wildman–Crippen MR) is 112 cm³/mol. The van der Waals surface area contributed by atoms with Gasteiger partial charge in [-0.1, -0.05) is 12.7 Å². The van der Waals surface area contributed by atoms with Crippen molar-refractivity contribution in [3.63, 3.8) is 0 Å². The van der Waals surface area contributed by atoms with Crippen molar-refractivity contribution in [3.8, 4) is 23.0 Å². The smallest absolute Gasteiger partial charge is 0.257 e. The van der Waals surface area contributed by atoms with Gasteiger partial charge >= 0.3 is 0 Å². The van der Waals surface area contributed by atoms with Gasteiger partial charge in [0.15, 0.2) is 16.6 Å². The van der Waals surface area contributed by atoms with E-state index in [-0.39, 0.29) is 5.11 Å². The average Bonchev–Trinajstić information content (AvgIpc) is 2.71. The first kappa shape index (κ1) is 21.0. The lowest BCUT2D eigenvalue weighted by atomic mass is 10.1. The van der Waals surface area contributed by atoms with Gasteiger partial charge in [-0.15, -0.1) is 0 Å². The predicted octanol–water partition coefficient (Wildman–Crippen LogP) is 3.40. The summed E-state index contributed by atoms with van der Waals surface area (Å²) >= 11 is 5.21. The van der Waals surface area contributed by atoms with Crippen molar-refractivity contribution in [3.05, 3.63) is 54.6 Å². The number of methoxy groups -OCH3 is 3. The molecule has 0 unspecified atom stereocenters. The molecule has 0 atom stereocenters. The molecule has 0 bridgehead atoms. The molecule has 0 heterocycles. The van der Waals surface area contributed by atoms with Gasteiger partial charge in [-0.3, -0.25) is 10.1 Å². The third-order valence-corrected chi connectivity index (χ3v) is 3.84. The van der Waals surface area contributed by atoms with Crippen molar-refractivity contribution in [2.75, 3.05) is 33.3 Å². The number of hydrogen-bond acceptors (Lipinski definition) is 6. The molecular formula is C20H22N2O5S. The molecule has 0 aliphatic carbocycles. The second kappa shape index (κ2) is 10.2. The minimum atomic E-state index is -0.414. The zero-order chi connectivity index (χ0) is 20.5. The minimum absolute atomic E-state index is 0.151. The summed E-state index contributed by atoms with van der Waals surface area (Å²) in [4.78, 5) is 12.5. The molecule has 7 nitrogen and oxygen atoms in total. The van der Waals surface area contributed by atoms with Crippen LogP contribution in [-0.4, -0.2) is 39.0 Å². The molecule has 1 amide bonds. The van der Waals surface area contributed by atoms with Crippen molar-refractivity contribution in [1.29, 1.82) is 0 Å². The average molecular weight is 402 g/mol.